The average molecular weight is 389 g/mol. The lowest BCUT2D eigenvalue weighted by atomic mass is 10.00. The predicted octanol–water partition coefficient (Wildman–Crippen LogP) is 4.24. The van der Waals surface area contributed by atoms with E-state index in [9.17, 15) is 4.79 Å². The third-order valence-electron chi connectivity index (χ3n) is 5.07. The minimum atomic E-state index is -0.644. The molecule has 150 valence electrons. The molecule has 3 aromatic carbocycles. The first-order valence-corrected chi connectivity index (χ1v) is 9.82. The number of methoxy groups -OCH3 is 1. The van der Waals surface area contributed by atoms with E-state index >= 15 is 0 Å². The highest BCUT2D eigenvalue weighted by Crippen LogP contribution is 2.24. The lowest BCUT2D eigenvalue weighted by Crippen LogP contribution is -2.33. The van der Waals surface area contributed by atoms with Gasteiger partial charge in [-0.3, -0.25) is 4.79 Å². The van der Waals surface area contributed by atoms with Gasteiger partial charge in [0.1, 0.15) is 6.04 Å². The molecule has 0 aliphatic heterocycles. The molecule has 1 atom stereocenters. The number of hydrogen-bond donors (Lipinski definition) is 1. The van der Waals surface area contributed by atoms with Gasteiger partial charge in [0.25, 0.3) is 0 Å². The fraction of sp³-hybridized carbons (Fsp3) is 0.240. The number of ether oxygens (including phenoxy) is 1. The second-order valence-electron chi connectivity index (χ2n) is 7.27. The molecule has 4 nitrogen and oxygen atoms in total. The molecule has 0 aliphatic carbocycles. The molecular formula is C25H28N2O2. The van der Waals surface area contributed by atoms with Gasteiger partial charge in [0.2, 0.25) is 0 Å². The molecular weight excluding hydrogens is 360 g/mol. The summed E-state index contributed by atoms with van der Waals surface area (Å²) in [4.78, 5) is 14.0. The third kappa shape index (κ3) is 5.69. The number of benzene rings is 3. The fourth-order valence-corrected chi connectivity index (χ4v) is 3.42. The summed E-state index contributed by atoms with van der Waals surface area (Å²) < 4.78 is 4.75. The van der Waals surface area contributed by atoms with E-state index in [1.54, 1.807) is 0 Å². The van der Waals surface area contributed by atoms with Gasteiger partial charge in [-0.25, -0.2) is 0 Å². The van der Waals surface area contributed by atoms with Crippen molar-refractivity contribution in [2.24, 2.45) is 5.73 Å². The molecule has 2 N–H and O–H groups in total. The fourth-order valence-electron chi connectivity index (χ4n) is 3.42. The maximum Gasteiger partial charge on any atom is 0.322 e. The van der Waals surface area contributed by atoms with Crippen molar-refractivity contribution < 1.29 is 9.53 Å². The molecule has 0 amide bonds. The van der Waals surface area contributed by atoms with E-state index in [0.717, 1.165) is 29.9 Å². The van der Waals surface area contributed by atoms with Crippen LogP contribution >= 0.6 is 0 Å². The van der Waals surface area contributed by atoms with Crippen LogP contribution in [0.3, 0.4) is 0 Å². The highest BCUT2D eigenvalue weighted by molar-refractivity contribution is 5.75. The SMILES string of the molecule is COC(=O)C(N)Cc1ccc(N(Cc2ccccc2)Cc2ccccc2)cc1C. The van der Waals surface area contributed by atoms with Crippen LogP contribution in [0.15, 0.2) is 78.9 Å². The number of carbonyl (C=O) groups excluding carboxylic acids is 1. The van der Waals surface area contributed by atoms with Gasteiger partial charge >= 0.3 is 5.97 Å². The van der Waals surface area contributed by atoms with Crippen LogP contribution in [0.25, 0.3) is 0 Å². The molecule has 4 heteroatoms. The number of anilines is 1. The van der Waals surface area contributed by atoms with Gasteiger partial charge in [0, 0.05) is 18.8 Å². The average Bonchev–Trinajstić information content (AvgIpc) is 2.75. The summed E-state index contributed by atoms with van der Waals surface area (Å²) >= 11 is 0. The first kappa shape index (κ1) is 20.6. The number of nitrogens with two attached hydrogens (primary N) is 1. The second-order valence-corrected chi connectivity index (χ2v) is 7.27. The summed E-state index contributed by atoms with van der Waals surface area (Å²) in [5, 5.41) is 0. The zero-order chi connectivity index (χ0) is 20.6. The summed E-state index contributed by atoms with van der Waals surface area (Å²) in [6, 6.07) is 26.6. The molecule has 29 heavy (non-hydrogen) atoms. The standard InChI is InChI=1S/C25H28N2O2/c1-19-15-23(14-13-22(19)16-24(26)25(28)29-2)27(17-20-9-5-3-6-10-20)18-21-11-7-4-8-12-21/h3-15,24H,16-18,26H2,1-2H3. The molecule has 1 unspecified atom stereocenters. The Balaban J connectivity index is 1.84. The van der Waals surface area contributed by atoms with Crippen molar-refractivity contribution in [3.8, 4) is 0 Å². The van der Waals surface area contributed by atoms with E-state index < -0.39 is 6.04 Å². The van der Waals surface area contributed by atoms with Gasteiger partial charge in [0.05, 0.1) is 7.11 Å². The molecule has 0 heterocycles. The maximum absolute atomic E-state index is 11.7. The number of hydrogen-bond acceptors (Lipinski definition) is 4. The zero-order valence-corrected chi connectivity index (χ0v) is 17.0. The first-order valence-electron chi connectivity index (χ1n) is 9.82. The van der Waals surface area contributed by atoms with E-state index in [2.05, 4.69) is 78.6 Å². The second kappa shape index (κ2) is 9.89. The van der Waals surface area contributed by atoms with Crippen LogP contribution in [-0.2, 0) is 29.0 Å². The van der Waals surface area contributed by atoms with E-state index in [-0.39, 0.29) is 5.97 Å². The zero-order valence-electron chi connectivity index (χ0n) is 17.0. The third-order valence-corrected chi connectivity index (χ3v) is 5.07. The molecule has 0 fully saturated rings. The summed E-state index contributed by atoms with van der Waals surface area (Å²) in [7, 11) is 1.36. The van der Waals surface area contributed by atoms with E-state index in [4.69, 9.17) is 10.5 Å². The number of carbonyl (C=O) groups is 1. The monoisotopic (exact) mass is 388 g/mol. The Morgan fingerprint density at radius 2 is 1.48 bits per heavy atom. The molecule has 0 aliphatic rings. The molecule has 0 saturated heterocycles. The number of rotatable bonds is 8. The van der Waals surface area contributed by atoms with Crippen LogP contribution in [0.4, 0.5) is 5.69 Å². The number of esters is 1. The van der Waals surface area contributed by atoms with Crippen molar-refractivity contribution in [2.75, 3.05) is 12.0 Å². The minimum absolute atomic E-state index is 0.386. The molecule has 0 spiro atoms. The Morgan fingerprint density at radius 3 is 1.97 bits per heavy atom. The van der Waals surface area contributed by atoms with Gasteiger partial charge in [-0.05, 0) is 47.7 Å². The largest absolute Gasteiger partial charge is 0.468 e. The summed E-state index contributed by atoms with van der Waals surface area (Å²) in [5.74, 6) is -0.386. The van der Waals surface area contributed by atoms with Crippen LogP contribution in [0.1, 0.15) is 22.3 Å². The Kier molecular flexibility index (Phi) is 7.04. The van der Waals surface area contributed by atoms with Gasteiger partial charge < -0.3 is 15.4 Å². The van der Waals surface area contributed by atoms with Gasteiger partial charge in [-0.1, -0.05) is 66.7 Å². The first-order chi connectivity index (χ1) is 14.1. The maximum atomic E-state index is 11.7. The molecule has 3 aromatic rings. The molecule has 0 bridgehead atoms. The van der Waals surface area contributed by atoms with Crippen LogP contribution in [-0.4, -0.2) is 19.1 Å². The highest BCUT2D eigenvalue weighted by atomic mass is 16.5. The van der Waals surface area contributed by atoms with Crippen LogP contribution in [0.5, 0.6) is 0 Å². The lowest BCUT2D eigenvalue weighted by Gasteiger charge is -2.26. The molecule has 3 rings (SSSR count). The topological polar surface area (TPSA) is 55.6 Å². The quantitative estimate of drug-likeness (QED) is 0.586. The van der Waals surface area contributed by atoms with Crippen molar-refractivity contribution in [3.63, 3.8) is 0 Å². The van der Waals surface area contributed by atoms with E-state index in [1.165, 1.54) is 18.2 Å². The van der Waals surface area contributed by atoms with Crippen molar-refractivity contribution in [2.45, 2.75) is 32.5 Å². The van der Waals surface area contributed by atoms with Crippen LogP contribution in [0.2, 0.25) is 0 Å². The Bertz CT molecular complexity index is 885. The number of aryl methyl sites for hydroxylation is 1. The van der Waals surface area contributed by atoms with E-state index in [0.29, 0.717) is 6.42 Å². The summed E-state index contributed by atoms with van der Waals surface area (Å²) in [5.41, 5.74) is 11.8. The van der Waals surface area contributed by atoms with Crippen molar-refractivity contribution in [3.05, 3.63) is 101 Å². The lowest BCUT2D eigenvalue weighted by molar-refractivity contribution is -0.142. The van der Waals surface area contributed by atoms with Gasteiger partial charge in [-0.15, -0.1) is 0 Å². The smallest absolute Gasteiger partial charge is 0.322 e. The van der Waals surface area contributed by atoms with E-state index in [1.807, 2.05) is 12.1 Å². The molecule has 0 radical (unpaired) electrons. The number of nitrogens with zero attached hydrogens (tertiary/aromatic N) is 1. The van der Waals surface area contributed by atoms with Crippen LogP contribution < -0.4 is 10.6 Å². The minimum Gasteiger partial charge on any atom is -0.468 e. The van der Waals surface area contributed by atoms with Crippen molar-refractivity contribution in [1.29, 1.82) is 0 Å². The van der Waals surface area contributed by atoms with Crippen molar-refractivity contribution in [1.82, 2.24) is 0 Å². The highest BCUT2D eigenvalue weighted by Gasteiger charge is 2.16. The van der Waals surface area contributed by atoms with Crippen LogP contribution in [0, 0.1) is 6.92 Å². The Morgan fingerprint density at radius 1 is 0.931 bits per heavy atom. The molecule has 0 aromatic heterocycles. The molecule has 0 saturated carbocycles. The Hall–Kier alpha value is -3.11. The Labute approximate surface area is 172 Å². The predicted molar refractivity (Wildman–Crippen MR) is 118 cm³/mol. The van der Waals surface area contributed by atoms with Crippen molar-refractivity contribution >= 4 is 11.7 Å². The van der Waals surface area contributed by atoms with Gasteiger partial charge in [0.15, 0.2) is 0 Å². The normalized spacial score (nSPS) is 11.7. The summed E-state index contributed by atoms with van der Waals surface area (Å²) in [6.07, 6.45) is 0.468. The van der Waals surface area contributed by atoms with Gasteiger partial charge in [-0.2, -0.15) is 0 Å². The summed E-state index contributed by atoms with van der Waals surface area (Å²) in [6.45, 7) is 3.69.